The molecular weight excluding hydrogens is 318 g/mol. The van der Waals surface area contributed by atoms with Gasteiger partial charge in [-0.2, -0.15) is 0 Å². The average molecular weight is 334 g/mol. The van der Waals surface area contributed by atoms with Gasteiger partial charge in [-0.1, -0.05) is 30.3 Å². The smallest absolute Gasteiger partial charge is 0.124 e. The number of alkyl halides is 1. The van der Waals surface area contributed by atoms with Crippen LogP contribution in [-0.2, 0) is 4.87 Å². The van der Waals surface area contributed by atoms with Crippen LogP contribution in [0.3, 0.4) is 0 Å². The Balaban J connectivity index is 2.04. The summed E-state index contributed by atoms with van der Waals surface area (Å²) in [7, 11) is 1.58. The Morgan fingerprint density at radius 1 is 1.18 bits per heavy atom. The molecule has 22 heavy (non-hydrogen) atoms. The normalized spacial score (nSPS) is 15.5. The summed E-state index contributed by atoms with van der Waals surface area (Å²) in [5.74, 6) is 0.614. The highest BCUT2D eigenvalue weighted by atomic mass is 35.5. The number of thiazole rings is 1. The summed E-state index contributed by atoms with van der Waals surface area (Å²) < 4.78 is 6.37. The van der Waals surface area contributed by atoms with Crippen molar-refractivity contribution in [3.05, 3.63) is 59.1 Å². The van der Waals surface area contributed by atoms with Crippen molar-refractivity contribution in [3.63, 3.8) is 0 Å². The Labute approximate surface area is 138 Å². The number of rotatable bonds is 4. The van der Waals surface area contributed by atoms with Gasteiger partial charge in [-0.15, -0.1) is 22.9 Å². The summed E-state index contributed by atoms with van der Waals surface area (Å²) in [6.07, 6.45) is -0.925. The first-order valence-corrected chi connectivity index (χ1v) is 8.09. The van der Waals surface area contributed by atoms with Gasteiger partial charge in [0.05, 0.1) is 17.3 Å². The van der Waals surface area contributed by atoms with Gasteiger partial charge in [0.2, 0.25) is 0 Å². The van der Waals surface area contributed by atoms with E-state index in [0.29, 0.717) is 16.3 Å². The van der Waals surface area contributed by atoms with E-state index in [1.165, 1.54) is 11.3 Å². The van der Waals surface area contributed by atoms with E-state index in [9.17, 15) is 5.11 Å². The third kappa shape index (κ3) is 2.58. The minimum absolute atomic E-state index is 0.614. The monoisotopic (exact) mass is 333 g/mol. The van der Waals surface area contributed by atoms with Gasteiger partial charge in [0.1, 0.15) is 21.7 Å². The molecule has 0 saturated carbocycles. The summed E-state index contributed by atoms with van der Waals surface area (Å²) in [5, 5.41) is 11.5. The Morgan fingerprint density at radius 2 is 1.86 bits per heavy atom. The highest BCUT2D eigenvalue weighted by Crippen LogP contribution is 2.45. The molecule has 0 aliphatic carbocycles. The van der Waals surface area contributed by atoms with E-state index in [1.807, 2.05) is 48.5 Å². The fourth-order valence-electron chi connectivity index (χ4n) is 2.38. The molecule has 1 aromatic heterocycles. The SMILES string of the molecule is COc1ccccc1[C@@H](O)[C@@](C)(Cl)c1nc2ccccc2s1. The molecule has 1 N–H and O–H groups in total. The second kappa shape index (κ2) is 5.88. The molecule has 0 saturated heterocycles. The number of halogens is 1. The second-order valence-corrected chi connectivity index (χ2v) is 7.02. The van der Waals surface area contributed by atoms with Crippen LogP contribution in [0.5, 0.6) is 5.75 Å². The van der Waals surface area contributed by atoms with Gasteiger partial charge in [0.15, 0.2) is 0 Å². The molecule has 0 fully saturated rings. The lowest BCUT2D eigenvalue weighted by atomic mass is 9.96. The third-order valence-electron chi connectivity index (χ3n) is 3.66. The number of hydrogen-bond acceptors (Lipinski definition) is 4. The van der Waals surface area contributed by atoms with Crippen molar-refractivity contribution in [3.8, 4) is 5.75 Å². The second-order valence-electron chi connectivity index (χ2n) is 5.21. The fraction of sp³-hybridized carbons (Fsp3) is 0.235. The molecule has 0 aliphatic heterocycles. The molecular formula is C17H16ClNO2S. The van der Waals surface area contributed by atoms with E-state index in [0.717, 1.165) is 10.2 Å². The molecule has 1 heterocycles. The number of hydrogen-bond donors (Lipinski definition) is 1. The van der Waals surface area contributed by atoms with E-state index >= 15 is 0 Å². The Hall–Kier alpha value is -1.62. The van der Waals surface area contributed by atoms with E-state index < -0.39 is 11.0 Å². The summed E-state index contributed by atoms with van der Waals surface area (Å²) in [4.78, 5) is 3.54. The van der Waals surface area contributed by atoms with E-state index in [2.05, 4.69) is 4.98 Å². The van der Waals surface area contributed by atoms with Crippen molar-refractivity contribution in [2.75, 3.05) is 7.11 Å². The molecule has 0 bridgehead atoms. The molecule has 3 nitrogen and oxygen atoms in total. The van der Waals surface area contributed by atoms with Crippen LogP contribution in [-0.4, -0.2) is 17.2 Å². The van der Waals surface area contributed by atoms with Crippen molar-refractivity contribution in [2.45, 2.75) is 17.9 Å². The highest BCUT2D eigenvalue weighted by molar-refractivity contribution is 7.18. The molecule has 0 radical (unpaired) electrons. The van der Waals surface area contributed by atoms with Crippen LogP contribution in [0.1, 0.15) is 23.6 Å². The first kappa shape index (κ1) is 15.3. The number of methoxy groups -OCH3 is 1. The maximum Gasteiger partial charge on any atom is 0.124 e. The number of para-hydroxylation sites is 2. The van der Waals surface area contributed by atoms with Gasteiger partial charge in [-0.3, -0.25) is 0 Å². The predicted octanol–water partition coefficient (Wildman–Crippen LogP) is 4.49. The van der Waals surface area contributed by atoms with Crippen LogP contribution in [0.25, 0.3) is 10.2 Å². The van der Waals surface area contributed by atoms with E-state index in [4.69, 9.17) is 16.3 Å². The highest BCUT2D eigenvalue weighted by Gasteiger charge is 2.38. The largest absolute Gasteiger partial charge is 0.496 e. The minimum Gasteiger partial charge on any atom is -0.496 e. The zero-order valence-electron chi connectivity index (χ0n) is 12.3. The summed E-state index contributed by atoms with van der Waals surface area (Å²) >= 11 is 8.19. The minimum atomic E-state index is -1.03. The number of aliphatic hydroxyl groups is 1. The summed E-state index contributed by atoms with van der Waals surface area (Å²) in [6, 6.07) is 15.2. The average Bonchev–Trinajstić information content (AvgIpc) is 2.99. The molecule has 2 aromatic carbocycles. The molecule has 5 heteroatoms. The Kier molecular flexibility index (Phi) is 4.08. The lowest BCUT2D eigenvalue weighted by Crippen LogP contribution is -2.24. The zero-order valence-corrected chi connectivity index (χ0v) is 13.9. The summed E-state index contributed by atoms with van der Waals surface area (Å²) in [5.41, 5.74) is 1.54. The van der Waals surface area contributed by atoms with Crippen LogP contribution in [0, 0.1) is 0 Å². The number of nitrogens with zero attached hydrogens (tertiary/aromatic N) is 1. The fourth-order valence-corrected chi connectivity index (χ4v) is 3.69. The van der Waals surface area contributed by atoms with Crippen LogP contribution in [0.4, 0.5) is 0 Å². The number of fused-ring (bicyclic) bond motifs is 1. The number of aliphatic hydroxyl groups excluding tert-OH is 1. The first-order chi connectivity index (χ1) is 10.5. The van der Waals surface area contributed by atoms with Crippen molar-refractivity contribution < 1.29 is 9.84 Å². The predicted molar refractivity (Wildman–Crippen MR) is 90.8 cm³/mol. The molecule has 3 aromatic rings. The lowest BCUT2D eigenvalue weighted by Gasteiger charge is -2.27. The van der Waals surface area contributed by atoms with Crippen LogP contribution >= 0.6 is 22.9 Å². The number of ether oxygens (including phenoxy) is 1. The van der Waals surface area contributed by atoms with Crippen LogP contribution < -0.4 is 4.74 Å². The molecule has 0 aliphatic rings. The standard InChI is InChI=1S/C17H16ClNO2S/c1-17(18,15(20)11-7-3-5-9-13(11)21-2)16-19-12-8-4-6-10-14(12)22-16/h3-10,15,20H,1-2H3/t15-,17-/m1/s1. The van der Waals surface area contributed by atoms with E-state index in [-0.39, 0.29) is 0 Å². The van der Waals surface area contributed by atoms with Crippen molar-refractivity contribution in [2.24, 2.45) is 0 Å². The zero-order chi connectivity index (χ0) is 15.7. The third-order valence-corrected chi connectivity index (χ3v) is 5.43. The van der Waals surface area contributed by atoms with Crippen molar-refractivity contribution in [1.82, 2.24) is 4.98 Å². The quantitative estimate of drug-likeness (QED) is 0.715. The topological polar surface area (TPSA) is 42.4 Å². The van der Waals surface area contributed by atoms with Gasteiger partial charge >= 0.3 is 0 Å². The van der Waals surface area contributed by atoms with Crippen molar-refractivity contribution >= 4 is 33.2 Å². The first-order valence-electron chi connectivity index (χ1n) is 6.90. The molecule has 114 valence electrons. The number of benzene rings is 2. The molecule has 0 amide bonds. The maximum atomic E-state index is 10.8. The van der Waals surface area contributed by atoms with Gasteiger partial charge < -0.3 is 9.84 Å². The molecule has 0 spiro atoms. The van der Waals surface area contributed by atoms with Gasteiger partial charge in [0, 0.05) is 5.56 Å². The molecule has 0 unspecified atom stereocenters. The number of aromatic nitrogens is 1. The Morgan fingerprint density at radius 3 is 2.59 bits per heavy atom. The van der Waals surface area contributed by atoms with Crippen LogP contribution in [0.15, 0.2) is 48.5 Å². The molecule has 2 atom stereocenters. The van der Waals surface area contributed by atoms with Gasteiger partial charge in [-0.05, 0) is 25.1 Å². The van der Waals surface area contributed by atoms with Gasteiger partial charge in [0.25, 0.3) is 0 Å². The molecule has 3 rings (SSSR count). The summed E-state index contributed by atoms with van der Waals surface area (Å²) in [6.45, 7) is 1.78. The van der Waals surface area contributed by atoms with Gasteiger partial charge in [-0.25, -0.2) is 4.98 Å². The van der Waals surface area contributed by atoms with Crippen LogP contribution in [0.2, 0.25) is 0 Å². The van der Waals surface area contributed by atoms with E-state index in [1.54, 1.807) is 14.0 Å². The van der Waals surface area contributed by atoms with Crippen molar-refractivity contribution in [1.29, 1.82) is 0 Å². The maximum absolute atomic E-state index is 10.8. The lowest BCUT2D eigenvalue weighted by molar-refractivity contribution is 0.129. The Bertz CT molecular complexity index is 767.